The van der Waals surface area contributed by atoms with Crippen molar-refractivity contribution in [3.8, 4) is 0 Å². The van der Waals surface area contributed by atoms with Gasteiger partial charge in [0.1, 0.15) is 0 Å². The molecule has 4 nitrogen and oxygen atoms in total. The first-order valence-electron chi connectivity index (χ1n) is 7.25. The number of nitrogens with zero attached hydrogens (tertiary/aromatic N) is 2. The number of rotatable bonds is 4. The molecule has 0 unspecified atom stereocenters. The highest BCUT2D eigenvalue weighted by molar-refractivity contribution is 7.99. The summed E-state index contributed by atoms with van der Waals surface area (Å²) in [6.07, 6.45) is 2.33. The number of hydrogen-bond acceptors (Lipinski definition) is 4. The fourth-order valence-corrected chi connectivity index (χ4v) is 3.76. The van der Waals surface area contributed by atoms with Crippen molar-refractivity contribution in [2.24, 2.45) is 0 Å². The Morgan fingerprint density at radius 1 is 1.50 bits per heavy atom. The smallest absolute Gasteiger partial charge is 0.242 e. The molecule has 0 aromatic heterocycles. The van der Waals surface area contributed by atoms with Crippen LogP contribution in [0.5, 0.6) is 0 Å². The monoisotopic (exact) mass is 291 g/mol. The molecule has 0 saturated heterocycles. The van der Waals surface area contributed by atoms with Gasteiger partial charge in [0.2, 0.25) is 5.91 Å². The van der Waals surface area contributed by atoms with Gasteiger partial charge in [-0.25, -0.2) is 0 Å². The van der Waals surface area contributed by atoms with Crippen molar-refractivity contribution >= 4 is 29.0 Å². The van der Waals surface area contributed by atoms with Crippen LogP contribution in [-0.4, -0.2) is 42.2 Å². The summed E-state index contributed by atoms with van der Waals surface area (Å²) in [6, 6.07) is 6.47. The number of carbonyl (C=O) groups is 1. The van der Waals surface area contributed by atoms with Crippen molar-refractivity contribution in [1.29, 1.82) is 0 Å². The van der Waals surface area contributed by atoms with Crippen LogP contribution < -0.4 is 10.6 Å². The van der Waals surface area contributed by atoms with Crippen molar-refractivity contribution < 1.29 is 4.79 Å². The Hall–Kier alpha value is -1.36. The predicted molar refractivity (Wildman–Crippen MR) is 84.2 cm³/mol. The maximum Gasteiger partial charge on any atom is 0.242 e. The lowest BCUT2D eigenvalue weighted by Crippen LogP contribution is -2.43. The number of hydrogen-bond donors (Lipinski definition) is 1. The first-order chi connectivity index (χ1) is 9.69. The van der Waals surface area contributed by atoms with Crippen LogP contribution in [0.2, 0.25) is 0 Å². The molecule has 20 heavy (non-hydrogen) atoms. The van der Waals surface area contributed by atoms with E-state index < -0.39 is 0 Å². The molecule has 0 spiro atoms. The zero-order chi connectivity index (χ0) is 14.1. The first kappa shape index (κ1) is 13.6. The molecule has 1 amide bonds. The number of carbonyl (C=O) groups excluding carboxylic acids is 1. The Kier molecular flexibility index (Phi) is 3.78. The molecule has 1 aliphatic heterocycles. The lowest BCUT2D eigenvalue weighted by atomic mass is 10.2. The first-order valence-corrected chi connectivity index (χ1v) is 8.24. The fourth-order valence-electron chi connectivity index (χ4n) is 2.73. The molecular weight excluding hydrogens is 270 g/mol. The average Bonchev–Trinajstić information content (AvgIpc) is 3.25. The number of amides is 1. The van der Waals surface area contributed by atoms with Crippen molar-refractivity contribution in [1.82, 2.24) is 4.90 Å². The summed E-state index contributed by atoms with van der Waals surface area (Å²) in [5, 5.41) is 0. The molecule has 1 aliphatic carbocycles. The van der Waals surface area contributed by atoms with E-state index in [9.17, 15) is 4.79 Å². The van der Waals surface area contributed by atoms with Crippen LogP contribution >= 0.6 is 11.8 Å². The SMILES string of the molecule is CCN(C(=O)CN1CCSc2ccc(N)cc21)C1CC1. The Labute approximate surface area is 124 Å². The maximum absolute atomic E-state index is 12.5. The number of nitrogens with two attached hydrogens (primary N) is 1. The lowest BCUT2D eigenvalue weighted by Gasteiger charge is -2.32. The number of anilines is 2. The topological polar surface area (TPSA) is 49.6 Å². The summed E-state index contributed by atoms with van der Waals surface area (Å²) in [4.78, 5) is 17.9. The summed E-state index contributed by atoms with van der Waals surface area (Å²) in [6.45, 7) is 4.26. The van der Waals surface area contributed by atoms with E-state index in [4.69, 9.17) is 5.73 Å². The summed E-state index contributed by atoms with van der Waals surface area (Å²) < 4.78 is 0. The normalized spacial score (nSPS) is 17.8. The van der Waals surface area contributed by atoms with E-state index in [1.165, 1.54) is 17.7 Å². The minimum Gasteiger partial charge on any atom is -0.399 e. The van der Waals surface area contributed by atoms with E-state index in [1.54, 1.807) is 0 Å². The van der Waals surface area contributed by atoms with E-state index in [0.29, 0.717) is 12.6 Å². The van der Waals surface area contributed by atoms with E-state index in [2.05, 4.69) is 17.9 Å². The number of benzene rings is 1. The third kappa shape index (κ3) is 2.73. The third-order valence-electron chi connectivity index (χ3n) is 3.92. The van der Waals surface area contributed by atoms with Crippen LogP contribution in [0.4, 0.5) is 11.4 Å². The Bertz CT molecular complexity index is 516. The standard InChI is InChI=1S/C15H21N3OS/c1-2-18(12-4-5-12)15(19)10-17-7-8-20-14-6-3-11(16)9-13(14)17/h3,6,9,12H,2,4-5,7-8,10,16H2,1H3. The van der Waals surface area contributed by atoms with Crippen LogP contribution in [0.1, 0.15) is 19.8 Å². The van der Waals surface area contributed by atoms with E-state index in [-0.39, 0.29) is 5.91 Å². The Balaban J connectivity index is 1.75. The second kappa shape index (κ2) is 5.56. The second-order valence-electron chi connectivity index (χ2n) is 5.41. The molecule has 108 valence electrons. The van der Waals surface area contributed by atoms with Gasteiger partial charge in [-0.15, -0.1) is 11.8 Å². The molecule has 1 saturated carbocycles. The molecule has 1 fully saturated rings. The van der Waals surface area contributed by atoms with Gasteiger partial charge in [-0.3, -0.25) is 4.79 Å². The van der Waals surface area contributed by atoms with Crippen molar-refractivity contribution in [2.75, 3.05) is 36.0 Å². The summed E-state index contributed by atoms with van der Waals surface area (Å²) in [5.41, 5.74) is 7.76. The molecule has 1 aromatic carbocycles. The van der Waals surface area contributed by atoms with Crippen LogP contribution in [0, 0.1) is 0 Å². The molecule has 2 N–H and O–H groups in total. The molecule has 3 rings (SSSR count). The Morgan fingerprint density at radius 3 is 3.00 bits per heavy atom. The molecule has 5 heteroatoms. The predicted octanol–water partition coefficient (Wildman–Crippen LogP) is 2.19. The fraction of sp³-hybridized carbons (Fsp3) is 0.533. The van der Waals surface area contributed by atoms with Crippen LogP contribution in [0.25, 0.3) is 0 Å². The largest absolute Gasteiger partial charge is 0.399 e. The minimum atomic E-state index is 0.246. The van der Waals surface area contributed by atoms with Gasteiger partial charge in [-0.2, -0.15) is 0 Å². The molecular formula is C15H21N3OS. The van der Waals surface area contributed by atoms with Gasteiger partial charge in [0, 0.05) is 35.5 Å². The number of likely N-dealkylation sites (N-methyl/N-ethyl adjacent to an activating group) is 1. The van der Waals surface area contributed by atoms with Gasteiger partial charge in [0.05, 0.1) is 12.2 Å². The molecule has 1 aromatic rings. The van der Waals surface area contributed by atoms with Crippen LogP contribution in [0.3, 0.4) is 0 Å². The van der Waals surface area contributed by atoms with Gasteiger partial charge in [-0.1, -0.05) is 0 Å². The molecule has 0 bridgehead atoms. The van der Waals surface area contributed by atoms with Crippen LogP contribution in [-0.2, 0) is 4.79 Å². The summed E-state index contributed by atoms with van der Waals surface area (Å²) in [5.74, 6) is 1.27. The summed E-state index contributed by atoms with van der Waals surface area (Å²) in [7, 11) is 0. The highest BCUT2D eigenvalue weighted by Gasteiger charge is 2.32. The highest BCUT2D eigenvalue weighted by atomic mass is 32.2. The lowest BCUT2D eigenvalue weighted by molar-refractivity contribution is -0.130. The number of nitrogen functional groups attached to an aromatic ring is 1. The van der Waals surface area contributed by atoms with Gasteiger partial charge < -0.3 is 15.5 Å². The Morgan fingerprint density at radius 2 is 2.30 bits per heavy atom. The molecule has 0 radical (unpaired) electrons. The van der Waals surface area contributed by atoms with E-state index in [1.807, 2.05) is 28.8 Å². The number of thioether (sulfide) groups is 1. The van der Waals surface area contributed by atoms with Gasteiger partial charge >= 0.3 is 0 Å². The van der Waals surface area contributed by atoms with Crippen molar-refractivity contribution in [3.63, 3.8) is 0 Å². The molecule has 0 atom stereocenters. The van der Waals surface area contributed by atoms with E-state index in [0.717, 1.165) is 30.2 Å². The number of fused-ring (bicyclic) bond motifs is 1. The quantitative estimate of drug-likeness (QED) is 0.864. The minimum absolute atomic E-state index is 0.246. The second-order valence-corrected chi connectivity index (χ2v) is 6.54. The van der Waals surface area contributed by atoms with Crippen LogP contribution in [0.15, 0.2) is 23.1 Å². The van der Waals surface area contributed by atoms with Crippen molar-refractivity contribution in [3.05, 3.63) is 18.2 Å². The average molecular weight is 291 g/mol. The maximum atomic E-state index is 12.5. The highest BCUT2D eigenvalue weighted by Crippen LogP contribution is 2.36. The zero-order valence-electron chi connectivity index (χ0n) is 11.8. The zero-order valence-corrected chi connectivity index (χ0v) is 12.7. The molecule has 2 aliphatic rings. The summed E-state index contributed by atoms with van der Waals surface area (Å²) >= 11 is 1.84. The van der Waals surface area contributed by atoms with E-state index >= 15 is 0 Å². The molecule has 1 heterocycles. The van der Waals surface area contributed by atoms with Gasteiger partial charge in [0.25, 0.3) is 0 Å². The van der Waals surface area contributed by atoms with Gasteiger partial charge in [0.15, 0.2) is 0 Å². The van der Waals surface area contributed by atoms with Crippen molar-refractivity contribution in [2.45, 2.75) is 30.7 Å². The van der Waals surface area contributed by atoms with Gasteiger partial charge in [-0.05, 0) is 38.0 Å². The third-order valence-corrected chi connectivity index (χ3v) is 4.96.